The Balaban J connectivity index is 4.12. The van der Waals surface area contributed by atoms with Crippen LogP contribution in [0.5, 0.6) is 0 Å². The maximum atomic E-state index is 11.2. The Kier molecular flexibility index (Phi) is 3.71. The monoisotopic (exact) mass is 181 g/mol. The van der Waals surface area contributed by atoms with Crippen molar-refractivity contribution in [2.45, 2.75) is 25.6 Å². The lowest BCUT2D eigenvalue weighted by Crippen LogP contribution is -2.21. The van der Waals surface area contributed by atoms with E-state index in [1.807, 2.05) is 0 Å². The number of rotatable bonds is 4. The Morgan fingerprint density at radius 1 is 1.55 bits per heavy atom. The molecule has 4 nitrogen and oxygen atoms in total. The SMILES string of the molecule is CC(C)(O)P(=O)(O)CCCN. The van der Waals surface area contributed by atoms with Gasteiger partial charge in [0.15, 0.2) is 0 Å². The van der Waals surface area contributed by atoms with E-state index < -0.39 is 12.7 Å². The van der Waals surface area contributed by atoms with Crippen LogP contribution < -0.4 is 5.73 Å². The highest BCUT2D eigenvalue weighted by Crippen LogP contribution is 2.52. The summed E-state index contributed by atoms with van der Waals surface area (Å²) in [5, 5.41) is 7.72. The van der Waals surface area contributed by atoms with Gasteiger partial charge in [0, 0.05) is 6.16 Å². The van der Waals surface area contributed by atoms with Gasteiger partial charge in [0.25, 0.3) is 0 Å². The summed E-state index contributed by atoms with van der Waals surface area (Å²) in [6, 6.07) is 0. The molecule has 0 aliphatic carbocycles. The number of nitrogens with two attached hydrogens (primary N) is 1. The highest BCUT2D eigenvalue weighted by molar-refractivity contribution is 7.59. The Hall–Kier alpha value is 0.110. The molecule has 0 radical (unpaired) electrons. The van der Waals surface area contributed by atoms with E-state index in [0.717, 1.165) is 0 Å². The summed E-state index contributed by atoms with van der Waals surface area (Å²) in [4.78, 5) is 9.23. The minimum Gasteiger partial charge on any atom is -0.380 e. The molecule has 4 N–H and O–H groups in total. The van der Waals surface area contributed by atoms with Crippen LogP contribution in [0.1, 0.15) is 20.3 Å². The van der Waals surface area contributed by atoms with Gasteiger partial charge in [-0.05, 0) is 26.8 Å². The minimum atomic E-state index is -3.42. The average molecular weight is 181 g/mol. The van der Waals surface area contributed by atoms with E-state index >= 15 is 0 Å². The van der Waals surface area contributed by atoms with Crippen LogP contribution in [0.25, 0.3) is 0 Å². The number of hydrogen-bond acceptors (Lipinski definition) is 3. The summed E-state index contributed by atoms with van der Waals surface area (Å²) < 4.78 is 11.2. The molecule has 0 aromatic carbocycles. The molecule has 0 aromatic heterocycles. The first-order chi connectivity index (χ1) is 4.81. The second kappa shape index (κ2) is 3.68. The average Bonchev–Trinajstić information content (AvgIpc) is 1.81. The fourth-order valence-electron chi connectivity index (χ4n) is 0.579. The quantitative estimate of drug-likeness (QED) is 0.546. The first kappa shape index (κ1) is 11.1. The van der Waals surface area contributed by atoms with Crippen molar-refractivity contribution in [2.24, 2.45) is 5.73 Å². The Morgan fingerprint density at radius 3 is 2.27 bits per heavy atom. The van der Waals surface area contributed by atoms with Crippen LogP contribution in [0.3, 0.4) is 0 Å². The van der Waals surface area contributed by atoms with Crippen LogP contribution in [-0.4, -0.2) is 28.0 Å². The van der Waals surface area contributed by atoms with Gasteiger partial charge in [-0.25, -0.2) is 0 Å². The third-order valence-corrected chi connectivity index (χ3v) is 4.15. The van der Waals surface area contributed by atoms with Gasteiger partial charge >= 0.3 is 0 Å². The van der Waals surface area contributed by atoms with Crippen LogP contribution in [0.15, 0.2) is 0 Å². The van der Waals surface area contributed by atoms with E-state index in [9.17, 15) is 14.6 Å². The van der Waals surface area contributed by atoms with Crippen molar-refractivity contribution in [3.8, 4) is 0 Å². The number of hydrogen-bond donors (Lipinski definition) is 3. The zero-order valence-corrected chi connectivity index (χ0v) is 7.84. The van der Waals surface area contributed by atoms with E-state index in [1.165, 1.54) is 13.8 Å². The largest absolute Gasteiger partial charge is 0.380 e. The fraction of sp³-hybridized carbons (Fsp3) is 1.00. The first-order valence-corrected chi connectivity index (χ1v) is 5.40. The highest BCUT2D eigenvalue weighted by atomic mass is 31.2. The van der Waals surface area contributed by atoms with E-state index in [1.54, 1.807) is 0 Å². The zero-order chi connectivity index (χ0) is 9.12. The predicted octanol–water partition coefficient (Wildman–Crippen LogP) is 0.334. The normalized spacial score (nSPS) is 17.9. The fourth-order valence-corrected chi connectivity index (χ4v) is 1.74. The smallest absolute Gasteiger partial charge is 0.230 e. The van der Waals surface area contributed by atoms with E-state index in [0.29, 0.717) is 13.0 Å². The molecular formula is C6H16NO3P. The Morgan fingerprint density at radius 2 is 2.00 bits per heavy atom. The molecule has 0 fully saturated rings. The van der Waals surface area contributed by atoms with Crippen molar-refractivity contribution in [1.29, 1.82) is 0 Å². The third kappa shape index (κ3) is 3.34. The van der Waals surface area contributed by atoms with Gasteiger partial charge in [0.05, 0.1) is 0 Å². The van der Waals surface area contributed by atoms with Crippen LogP contribution in [0, 0.1) is 0 Å². The topological polar surface area (TPSA) is 83.5 Å². The molecule has 0 heterocycles. The van der Waals surface area contributed by atoms with Crippen LogP contribution >= 0.6 is 7.37 Å². The molecule has 0 aliphatic heterocycles. The van der Waals surface area contributed by atoms with Gasteiger partial charge in [-0.3, -0.25) is 4.57 Å². The molecule has 0 saturated carbocycles. The lowest BCUT2D eigenvalue weighted by atomic mass is 10.5. The molecule has 1 unspecified atom stereocenters. The summed E-state index contributed by atoms with van der Waals surface area (Å²) in [5.41, 5.74) is 5.17. The maximum absolute atomic E-state index is 11.2. The zero-order valence-electron chi connectivity index (χ0n) is 6.95. The van der Waals surface area contributed by atoms with E-state index in [4.69, 9.17) is 5.73 Å². The van der Waals surface area contributed by atoms with Gasteiger partial charge < -0.3 is 15.7 Å². The summed E-state index contributed by atoms with van der Waals surface area (Å²) in [6.45, 7) is 3.05. The van der Waals surface area contributed by atoms with Crippen LogP contribution in [-0.2, 0) is 4.57 Å². The molecule has 0 amide bonds. The molecule has 5 heteroatoms. The van der Waals surface area contributed by atoms with Gasteiger partial charge in [-0.2, -0.15) is 0 Å². The Bertz CT molecular complexity index is 164. The van der Waals surface area contributed by atoms with Gasteiger partial charge in [-0.15, -0.1) is 0 Å². The third-order valence-electron chi connectivity index (χ3n) is 1.52. The molecule has 0 saturated heterocycles. The summed E-state index contributed by atoms with van der Waals surface area (Å²) in [5.74, 6) is 0. The minimum absolute atomic E-state index is 0.0903. The predicted molar refractivity (Wildman–Crippen MR) is 44.7 cm³/mol. The van der Waals surface area contributed by atoms with Crippen molar-refractivity contribution in [2.75, 3.05) is 12.7 Å². The van der Waals surface area contributed by atoms with E-state index in [-0.39, 0.29) is 6.16 Å². The summed E-state index contributed by atoms with van der Waals surface area (Å²) in [7, 11) is -3.42. The first-order valence-electron chi connectivity index (χ1n) is 3.55. The van der Waals surface area contributed by atoms with Crippen molar-refractivity contribution in [3.05, 3.63) is 0 Å². The molecule has 11 heavy (non-hydrogen) atoms. The maximum Gasteiger partial charge on any atom is 0.230 e. The standard InChI is InChI=1S/C6H16NO3P/c1-6(2,8)11(9,10)5-3-4-7/h8H,3-5,7H2,1-2H3,(H,9,10). The van der Waals surface area contributed by atoms with Crippen molar-refractivity contribution >= 4 is 7.37 Å². The number of aliphatic hydroxyl groups is 1. The van der Waals surface area contributed by atoms with Crippen molar-refractivity contribution in [1.82, 2.24) is 0 Å². The summed E-state index contributed by atoms with van der Waals surface area (Å²) >= 11 is 0. The molecule has 68 valence electrons. The molecule has 1 atom stereocenters. The summed E-state index contributed by atoms with van der Waals surface area (Å²) in [6.07, 6.45) is 0.560. The molecule has 0 aromatic rings. The van der Waals surface area contributed by atoms with Crippen molar-refractivity contribution < 1.29 is 14.6 Å². The molecular weight excluding hydrogens is 165 g/mol. The van der Waals surface area contributed by atoms with E-state index in [2.05, 4.69) is 0 Å². The van der Waals surface area contributed by atoms with Gasteiger partial charge in [-0.1, -0.05) is 0 Å². The van der Waals surface area contributed by atoms with Gasteiger partial charge in [0.2, 0.25) is 7.37 Å². The van der Waals surface area contributed by atoms with Crippen molar-refractivity contribution in [3.63, 3.8) is 0 Å². The second-order valence-corrected chi connectivity index (χ2v) is 6.01. The van der Waals surface area contributed by atoms with Crippen LogP contribution in [0.2, 0.25) is 0 Å². The highest BCUT2D eigenvalue weighted by Gasteiger charge is 2.35. The molecule has 0 rings (SSSR count). The second-order valence-electron chi connectivity index (χ2n) is 3.06. The lowest BCUT2D eigenvalue weighted by Gasteiger charge is -2.24. The van der Waals surface area contributed by atoms with Gasteiger partial charge in [0.1, 0.15) is 5.34 Å². The Labute approximate surface area is 66.9 Å². The molecule has 0 bridgehead atoms. The molecule has 0 spiro atoms. The lowest BCUT2D eigenvalue weighted by molar-refractivity contribution is 0.148. The van der Waals surface area contributed by atoms with Crippen LogP contribution in [0.4, 0.5) is 0 Å². The molecule has 0 aliphatic rings.